The smallest absolute Gasteiger partial charge is 0.141 e. The maximum absolute atomic E-state index is 5.60. The van der Waals surface area contributed by atoms with Gasteiger partial charge in [0.05, 0.1) is 14.2 Å². The summed E-state index contributed by atoms with van der Waals surface area (Å²) in [4.78, 5) is 0.268. The summed E-state index contributed by atoms with van der Waals surface area (Å²) < 4.78 is 11.8. The van der Waals surface area contributed by atoms with Crippen LogP contribution in [0.4, 0.5) is 0 Å². The van der Waals surface area contributed by atoms with Gasteiger partial charge in [0.2, 0.25) is 0 Å². The Balaban J connectivity index is 2.42. The average Bonchev–Trinajstić information content (AvgIpc) is 2.78. The number of ether oxygens (including phenoxy) is 2. The molecule has 20 heavy (non-hydrogen) atoms. The molecule has 0 N–H and O–H groups in total. The Bertz CT molecular complexity index is 509. The van der Waals surface area contributed by atoms with Gasteiger partial charge in [-0.2, -0.15) is 0 Å². The summed E-state index contributed by atoms with van der Waals surface area (Å²) in [7, 11) is 3.36. The third kappa shape index (κ3) is 2.19. The van der Waals surface area contributed by atoms with Crippen molar-refractivity contribution < 1.29 is 9.47 Å². The highest BCUT2D eigenvalue weighted by Crippen LogP contribution is 2.74. The highest BCUT2D eigenvalue weighted by molar-refractivity contribution is 9.10. The topological polar surface area (TPSA) is 18.5 Å². The van der Waals surface area contributed by atoms with E-state index in [2.05, 4.69) is 65.6 Å². The number of rotatable bonds is 4. The van der Waals surface area contributed by atoms with E-state index < -0.39 is 0 Å². The van der Waals surface area contributed by atoms with E-state index in [1.54, 1.807) is 14.2 Å². The molecule has 1 aromatic carbocycles. The van der Waals surface area contributed by atoms with E-state index in [1.165, 1.54) is 5.56 Å². The predicted molar refractivity (Wildman–Crippen MR) is 90.0 cm³/mol. The molecule has 4 heteroatoms. The number of methoxy groups -OCH3 is 2. The summed E-state index contributed by atoms with van der Waals surface area (Å²) >= 11 is 7.47. The van der Waals surface area contributed by atoms with E-state index in [0.717, 1.165) is 16.0 Å². The third-order valence-corrected chi connectivity index (χ3v) is 7.01. The van der Waals surface area contributed by atoms with Crippen LogP contribution in [-0.4, -0.2) is 14.2 Å². The molecule has 0 bridgehead atoms. The molecule has 0 heterocycles. The van der Waals surface area contributed by atoms with Gasteiger partial charge < -0.3 is 9.47 Å². The maximum Gasteiger partial charge on any atom is 0.141 e. The van der Waals surface area contributed by atoms with Crippen molar-refractivity contribution >= 4 is 31.9 Å². The van der Waals surface area contributed by atoms with E-state index in [-0.39, 0.29) is 4.83 Å². The van der Waals surface area contributed by atoms with Crippen LogP contribution in [0, 0.1) is 16.7 Å². The molecule has 0 amide bonds. The minimum Gasteiger partial charge on any atom is -0.495 e. The quantitative estimate of drug-likeness (QED) is 0.608. The molecule has 112 valence electrons. The van der Waals surface area contributed by atoms with Crippen LogP contribution >= 0.6 is 31.9 Å². The van der Waals surface area contributed by atoms with Gasteiger partial charge in [0, 0.05) is 10.4 Å². The lowest BCUT2D eigenvalue weighted by Crippen LogP contribution is -2.03. The van der Waals surface area contributed by atoms with Crippen molar-refractivity contribution in [1.29, 1.82) is 0 Å². The van der Waals surface area contributed by atoms with Gasteiger partial charge in [0.15, 0.2) is 0 Å². The molecular weight excluding hydrogens is 384 g/mol. The Morgan fingerprint density at radius 2 is 1.60 bits per heavy atom. The number of benzene rings is 1. The van der Waals surface area contributed by atoms with Crippen molar-refractivity contribution in [3.63, 3.8) is 0 Å². The summed E-state index contributed by atoms with van der Waals surface area (Å²) in [6.45, 7) is 9.32. The summed E-state index contributed by atoms with van der Waals surface area (Å²) in [6, 6.07) is 4.07. The van der Waals surface area contributed by atoms with Gasteiger partial charge in [-0.15, -0.1) is 0 Å². The lowest BCUT2D eigenvalue weighted by molar-refractivity contribution is 0.384. The van der Waals surface area contributed by atoms with Crippen LogP contribution < -0.4 is 9.47 Å². The molecule has 1 unspecified atom stereocenters. The number of alkyl halides is 1. The first-order valence-corrected chi connectivity index (χ1v) is 8.45. The Kier molecular flexibility index (Phi) is 4.20. The largest absolute Gasteiger partial charge is 0.495 e. The molecule has 1 aliphatic rings. The van der Waals surface area contributed by atoms with Crippen LogP contribution in [0.1, 0.15) is 38.1 Å². The van der Waals surface area contributed by atoms with Gasteiger partial charge in [-0.05, 0) is 38.7 Å². The van der Waals surface area contributed by atoms with E-state index in [0.29, 0.717) is 16.7 Å². The Morgan fingerprint density at radius 3 is 2.00 bits per heavy atom. The first-order valence-electron chi connectivity index (χ1n) is 6.74. The molecule has 0 saturated heterocycles. The Hall–Kier alpha value is -0.220. The molecular formula is C16H22Br2O2. The zero-order valence-electron chi connectivity index (χ0n) is 12.9. The fourth-order valence-corrected chi connectivity index (χ4v) is 5.66. The molecule has 1 fully saturated rings. The van der Waals surface area contributed by atoms with Crippen molar-refractivity contribution in [3.05, 3.63) is 22.2 Å². The van der Waals surface area contributed by atoms with Crippen molar-refractivity contribution in [2.75, 3.05) is 14.2 Å². The van der Waals surface area contributed by atoms with Crippen LogP contribution in [0.3, 0.4) is 0 Å². The molecule has 0 aromatic heterocycles. The minimum absolute atomic E-state index is 0.268. The average molecular weight is 406 g/mol. The van der Waals surface area contributed by atoms with Crippen LogP contribution in [0.15, 0.2) is 16.6 Å². The summed E-state index contributed by atoms with van der Waals surface area (Å²) in [5.74, 6) is 2.22. The standard InChI is InChI=1S/C16H22Br2O2/c1-15(2)14(16(15,3)4)11(17)9-7-8-10(19-5)12(18)13(9)20-6/h7-8,11,14H,1-6H3. The minimum atomic E-state index is 0.268. The second kappa shape index (κ2) is 5.20. The van der Waals surface area contributed by atoms with E-state index in [1.807, 2.05) is 6.07 Å². The fourth-order valence-electron chi connectivity index (χ4n) is 3.29. The molecule has 0 radical (unpaired) electrons. The zero-order chi connectivity index (χ0) is 15.3. The molecule has 1 aliphatic carbocycles. The summed E-state index contributed by atoms with van der Waals surface area (Å²) in [5.41, 5.74) is 1.81. The van der Waals surface area contributed by atoms with Gasteiger partial charge in [-0.3, -0.25) is 0 Å². The van der Waals surface area contributed by atoms with Gasteiger partial charge in [0.1, 0.15) is 16.0 Å². The summed E-state index contributed by atoms with van der Waals surface area (Å²) in [5, 5.41) is 0. The van der Waals surface area contributed by atoms with Crippen LogP contribution in [0.2, 0.25) is 0 Å². The van der Waals surface area contributed by atoms with Crippen molar-refractivity contribution in [3.8, 4) is 11.5 Å². The van der Waals surface area contributed by atoms with Gasteiger partial charge in [-0.25, -0.2) is 0 Å². The Labute approximate surface area is 138 Å². The maximum atomic E-state index is 5.60. The van der Waals surface area contributed by atoms with Crippen molar-refractivity contribution in [1.82, 2.24) is 0 Å². The van der Waals surface area contributed by atoms with E-state index in [9.17, 15) is 0 Å². The molecule has 1 aromatic rings. The van der Waals surface area contributed by atoms with E-state index in [4.69, 9.17) is 9.47 Å². The van der Waals surface area contributed by atoms with Gasteiger partial charge in [0.25, 0.3) is 0 Å². The summed E-state index contributed by atoms with van der Waals surface area (Å²) in [6.07, 6.45) is 0. The lowest BCUT2D eigenvalue weighted by Gasteiger charge is -2.19. The number of hydrogen-bond acceptors (Lipinski definition) is 2. The predicted octanol–water partition coefficient (Wildman–Crippen LogP) is 5.58. The van der Waals surface area contributed by atoms with Crippen LogP contribution in [0.5, 0.6) is 11.5 Å². The lowest BCUT2D eigenvalue weighted by atomic mass is 10.0. The molecule has 2 rings (SSSR count). The van der Waals surface area contributed by atoms with Crippen molar-refractivity contribution in [2.24, 2.45) is 16.7 Å². The first-order chi connectivity index (χ1) is 9.20. The van der Waals surface area contributed by atoms with Crippen LogP contribution in [-0.2, 0) is 0 Å². The number of hydrogen-bond donors (Lipinski definition) is 0. The fraction of sp³-hybridized carbons (Fsp3) is 0.625. The highest BCUT2D eigenvalue weighted by atomic mass is 79.9. The van der Waals surface area contributed by atoms with Crippen molar-refractivity contribution in [2.45, 2.75) is 32.5 Å². The highest BCUT2D eigenvalue weighted by Gasteiger charge is 2.67. The van der Waals surface area contributed by atoms with Gasteiger partial charge in [-0.1, -0.05) is 49.7 Å². The second-order valence-electron chi connectivity index (χ2n) is 6.53. The normalized spacial score (nSPS) is 21.4. The third-order valence-electron chi connectivity index (χ3n) is 5.24. The van der Waals surface area contributed by atoms with Crippen LogP contribution in [0.25, 0.3) is 0 Å². The molecule has 0 aliphatic heterocycles. The molecule has 1 atom stereocenters. The molecule has 2 nitrogen and oxygen atoms in total. The van der Waals surface area contributed by atoms with Gasteiger partial charge >= 0.3 is 0 Å². The number of halogens is 2. The van der Waals surface area contributed by atoms with E-state index >= 15 is 0 Å². The SMILES string of the molecule is COc1ccc(C(Br)C2C(C)(C)C2(C)C)c(OC)c1Br. The monoisotopic (exact) mass is 404 g/mol. The molecule has 0 spiro atoms. The molecule has 1 saturated carbocycles. The second-order valence-corrected chi connectivity index (χ2v) is 8.31. The first kappa shape index (κ1) is 16.2. The zero-order valence-corrected chi connectivity index (χ0v) is 16.1. The Morgan fingerprint density at radius 1 is 1.05 bits per heavy atom.